The highest BCUT2D eigenvalue weighted by molar-refractivity contribution is 5.79. The second kappa shape index (κ2) is 8.17. The van der Waals surface area contributed by atoms with Gasteiger partial charge in [-0.05, 0) is 31.0 Å². The molecule has 0 unspecified atom stereocenters. The van der Waals surface area contributed by atoms with E-state index in [1.54, 1.807) is 6.07 Å². The lowest BCUT2D eigenvalue weighted by molar-refractivity contribution is 0.374. The molecule has 0 atom stereocenters. The second-order valence-corrected chi connectivity index (χ2v) is 4.82. The first-order valence-corrected chi connectivity index (χ1v) is 7.42. The highest BCUT2D eigenvalue weighted by Crippen LogP contribution is 2.05. The SMILES string of the molecule is CCNC(=NCc1cccc(F)c1)NCc1cc(CC)no1. The van der Waals surface area contributed by atoms with E-state index in [0.29, 0.717) is 19.0 Å². The van der Waals surface area contributed by atoms with Gasteiger partial charge in [0.25, 0.3) is 0 Å². The van der Waals surface area contributed by atoms with Gasteiger partial charge < -0.3 is 15.2 Å². The van der Waals surface area contributed by atoms with E-state index < -0.39 is 0 Å². The minimum absolute atomic E-state index is 0.251. The van der Waals surface area contributed by atoms with Crippen LogP contribution < -0.4 is 10.6 Å². The fraction of sp³-hybridized carbons (Fsp3) is 0.375. The third kappa shape index (κ3) is 4.87. The topological polar surface area (TPSA) is 62.5 Å². The maximum absolute atomic E-state index is 13.1. The molecule has 0 amide bonds. The van der Waals surface area contributed by atoms with E-state index in [2.05, 4.69) is 20.8 Å². The van der Waals surface area contributed by atoms with Gasteiger partial charge in [-0.1, -0.05) is 24.2 Å². The van der Waals surface area contributed by atoms with Gasteiger partial charge in [-0.25, -0.2) is 9.38 Å². The number of aryl methyl sites for hydroxylation is 1. The van der Waals surface area contributed by atoms with Crippen LogP contribution in [-0.2, 0) is 19.5 Å². The Morgan fingerprint density at radius 1 is 1.27 bits per heavy atom. The van der Waals surface area contributed by atoms with Gasteiger partial charge in [-0.15, -0.1) is 0 Å². The van der Waals surface area contributed by atoms with Crippen molar-refractivity contribution in [1.82, 2.24) is 15.8 Å². The van der Waals surface area contributed by atoms with Crippen LogP contribution in [-0.4, -0.2) is 17.7 Å². The van der Waals surface area contributed by atoms with E-state index in [4.69, 9.17) is 4.52 Å². The van der Waals surface area contributed by atoms with Crippen molar-refractivity contribution in [3.8, 4) is 0 Å². The number of aliphatic imine (C=N–C) groups is 1. The average molecular weight is 304 g/mol. The van der Waals surface area contributed by atoms with Crippen molar-refractivity contribution in [3.05, 3.63) is 53.2 Å². The lowest BCUT2D eigenvalue weighted by Gasteiger charge is -2.09. The Kier molecular flexibility index (Phi) is 5.94. The molecular weight excluding hydrogens is 283 g/mol. The highest BCUT2D eigenvalue weighted by atomic mass is 19.1. The van der Waals surface area contributed by atoms with E-state index in [0.717, 1.165) is 30.0 Å². The van der Waals surface area contributed by atoms with Crippen LogP contribution in [0.2, 0.25) is 0 Å². The minimum atomic E-state index is -0.251. The largest absolute Gasteiger partial charge is 0.359 e. The number of aromatic nitrogens is 1. The van der Waals surface area contributed by atoms with Crippen LogP contribution in [0.5, 0.6) is 0 Å². The Hall–Kier alpha value is -2.37. The summed E-state index contributed by atoms with van der Waals surface area (Å²) in [6.07, 6.45) is 0.844. The van der Waals surface area contributed by atoms with Crippen LogP contribution in [0.25, 0.3) is 0 Å². The van der Waals surface area contributed by atoms with Gasteiger partial charge in [0.2, 0.25) is 0 Å². The van der Waals surface area contributed by atoms with Gasteiger partial charge in [0, 0.05) is 12.6 Å². The Bertz CT molecular complexity index is 624. The predicted molar refractivity (Wildman–Crippen MR) is 83.9 cm³/mol. The first-order valence-electron chi connectivity index (χ1n) is 7.42. The third-order valence-corrected chi connectivity index (χ3v) is 3.05. The summed E-state index contributed by atoms with van der Waals surface area (Å²) in [6, 6.07) is 8.35. The van der Waals surface area contributed by atoms with Crippen LogP contribution in [0.1, 0.15) is 30.9 Å². The summed E-state index contributed by atoms with van der Waals surface area (Å²) in [4.78, 5) is 4.43. The number of halogens is 1. The average Bonchev–Trinajstić information content (AvgIpc) is 2.98. The van der Waals surface area contributed by atoms with Crippen molar-refractivity contribution in [2.75, 3.05) is 6.54 Å². The van der Waals surface area contributed by atoms with Crippen molar-refractivity contribution in [2.45, 2.75) is 33.4 Å². The van der Waals surface area contributed by atoms with Gasteiger partial charge in [0.1, 0.15) is 5.82 Å². The molecule has 2 N–H and O–H groups in total. The summed E-state index contributed by atoms with van der Waals surface area (Å²) in [7, 11) is 0. The second-order valence-electron chi connectivity index (χ2n) is 4.82. The first kappa shape index (κ1) is 16.0. The lowest BCUT2D eigenvalue weighted by Crippen LogP contribution is -2.36. The number of hydrogen-bond donors (Lipinski definition) is 2. The van der Waals surface area contributed by atoms with Crippen molar-refractivity contribution >= 4 is 5.96 Å². The van der Waals surface area contributed by atoms with Gasteiger partial charge in [0.15, 0.2) is 11.7 Å². The van der Waals surface area contributed by atoms with Gasteiger partial charge in [-0.3, -0.25) is 0 Å². The molecule has 0 saturated carbocycles. The van der Waals surface area contributed by atoms with Gasteiger partial charge in [-0.2, -0.15) is 0 Å². The van der Waals surface area contributed by atoms with Crippen molar-refractivity contribution in [2.24, 2.45) is 4.99 Å². The Labute approximate surface area is 129 Å². The number of nitrogens with one attached hydrogen (secondary N) is 2. The molecule has 0 aliphatic rings. The molecule has 22 heavy (non-hydrogen) atoms. The van der Waals surface area contributed by atoms with Crippen LogP contribution >= 0.6 is 0 Å². The predicted octanol–water partition coefficient (Wildman–Crippen LogP) is 2.63. The molecule has 0 aliphatic heterocycles. The minimum Gasteiger partial charge on any atom is -0.359 e. The molecule has 5 nitrogen and oxygen atoms in total. The van der Waals surface area contributed by atoms with Gasteiger partial charge >= 0.3 is 0 Å². The molecule has 2 rings (SSSR count). The zero-order valence-electron chi connectivity index (χ0n) is 12.9. The fourth-order valence-corrected chi connectivity index (χ4v) is 1.92. The van der Waals surface area contributed by atoms with E-state index in [9.17, 15) is 4.39 Å². The van der Waals surface area contributed by atoms with Crippen molar-refractivity contribution in [1.29, 1.82) is 0 Å². The first-order chi connectivity index (χ1) is 10.7. The molecule has 1 aromatic carbocycles. The standard InChI is InChI=1S/C16H21FN4O/c1-3-14-9-15(22-21-14)11-20-16(18-4-2)19-10-12-6-5-7-13(17)8-12/h5-9H,3-4,10-11H2,1-2H3,(H2,18,19,20). The van der Waals surface area contributed by atoms with Crippen molar-refractivity contribution in [3.63, 3.8) is 0 Å². The zero-order valence-corrected chi connectivity index (χ0v) is 12.9. The maximum atomic E-state index is 13.1. The number of benzene rings is 1. The van der Waals surface area contributed by atoms with E-state index in [-0.39, 0.29) is 5.82 Å². The zero-order chi connectivity index (χ0) is 15.8. The lowest BCUT2D eigenvalue weighted by atomic mass is 10.2. The van der Waals surface area contributed by atoms with Crippen LogP contribution in [0.4, 0.5) is 4.39 Å². The number of hydrogen-bond acceptors (Lipinski definition) is 3. The van der Waals surface area contributed by atoms with Crippen LogP contribution in [0, 0.1) is 5.82 Å². The summed E-state index contributed by atoms with van der Waals surface area (Å²) in [5.74, 6) is 1.16. The molecule has 0 saturated heterocycles. The monoisotopic (exact) mass is 304 g/mol. The van der Waals surface area contributed by atoms with Crippen molar-refractivity contribution < 1.29 is 8.91 Å². The van der Waals surface area contributed by atoms with E-state index in [1.165, 1.54) is 12.1 Å². The summed E-state index contributed by atoms with van der Waals surface area (Å²) < 4.78 is 18.4. The Morgan fingerprint density at radius 2 is 2.14 bits per heavy atom. The van der Waals surface area contributed by atoms with E-state index in [1.807, 2.05) is 26.0 Å². The normalized spacial score (nSPS) is 11.5. The number of guanidine groups is 1. The number of nitrogens with zero attached hydrogens (tertiary/aromatic N) is 2. The number of rotatable bonds is 6. The molecule has 118 valence electrons. The third-order valence-electron chi connectivity index (χ3n) is 3.05. The Balaban J connectivity index is 1.94. The fourth-order valence-electron chi connectivity index (χ4n) is 1.92. The van der Waals surface area contributed by atoms with Gasteiger partial charge in [0.05, 0.1) is 18.8 Å². The summed E-state index contributed by atoms with van der Waals surface area (Å²) in [6.45, 7) is 5.67. The molecule has 0 fully saturated rings. The smallest absolute Gasteiger partial charge is 0.191 e. The van der Waals surface area contributed by atoms with Crippen LogP contribution in [0.3, 0.4) is 0 Å². The molecule has 0 spiro atoms. The summed E-state index contributed by atoms with van der Waals surface area (Å²) in [5, 5.41) is 10.3. The van der Waals surface area contributed by atoms with Crippen LogP contribution in [0.15, 0.2) is 39.8 Å². The Morgan fingerprint density at radius 3 is 2.82 bits per heavy atom. The molecule has 1 aromatic heterocycles. The molecule has 0 aliphatic carbocycles. The quantitative estimate of drug-likeness (QED) is 0.636. The molecule has 0 radical (unpaired) electrons. The molecule has 0 bridgehead atoms. The molecular formula is C16H21FN4O. The molecule has 2 aromatic rings. The van der Waals surface area contributed by atoms with E-state index >= 15 is 0 Å². The molecule has 1 heterocycles. The summed E-state index contributed by atoms with van der Waals surface area (Å²) >= 11 is 0. The molecule has 6 heteroatoms. The summed E-state index contributed by atoms with van der Waals surface area (Å²) in [5.41, 5.74) is 1.75. The highest BCUT2D eigenvalue weighted by Gasteiger charge is 2.04. The maximum Gasteiger partial charge on any atom is 0.191 e.